The second-order valence-corrected chi connectivity index (χ2v) is 6.65. The highest BCUT2D eigenvalue weighted by atomic mass is 127. The van der Waals surface area contributed by atoms with Crippen molar-refractivity contribution in [3.05, 3.63) is 68.5 Å². The van der Waals surface area contributed by atoms with Crippen molar-refractivity contribution in [1.29, 1.82) is 0 Å². The SMILES string of the molecule is CC(C)c1ccc(CC(NN)c2ccc(F)cc2I)cc1. The van der Waals surface area contributed by atoms with Crippen molar-refractivity contribution in [1.82, 2.24) is 5.43 Å². The maximum atomic E-state index is 13.2. The van der Waals surface area contributed by atoms with E-state index in [2.05, 4.69) is 66.1 Å². The van der Waals surface area contributed by atoms with Gasteiger partial charge >= 0.3 is 0 Å². The fraction of sp³-hybridized carbons (Fsp3) is 0.294. The summed E-state index contributed by atoms with van der Waals surface area (Å²) in [6, 6.07) is 13.4. The van der Waals surface area contributed by atoms with Crippen molar-refractivity contribution in [2.24, 2.45) is 5.84 Å². The maximum absolute atomic E-state index is 13.2. The van der Waals surface area contributed by atoms with E-state index >= 15 is 0 Å². The highest BCUT2D eigenvalue weighted by Crippen LogP contribution is 2.24. The van der Waals surface area contributed by atoms with Crippen LogP contribution in [0.25, 0.3) is 0 Å². The van der Waals surface area contributed by atoms with Gasteiger partial charge in [0.05, 0.1) is 6.04 Å². The number of nitrogens with one attached hydrogen (secondary N) is 1. The Hall–Kier alpha value is -0.980. The Bertz CT molecular complexity index is 596. The van der Waals surface area contributed by atoms with E-state index in [1.165, 1.54) is 23.3 Å². The lowest BCUT2D eigenvalue weighted by Gasteiger charge is -2.18. The first-order valence-corrected chi connectivity index (χ1v) is 8.09. The van der Waals surface area contributed by atoms with Gasteiger partial charge in [0.2, 0.25) is 0 Å². The zero-order valence-corrected chi connectivity index (χ0v) is 14.4. The van der Waals surface area contributed by atoms with Gasteiger partial charge in [0.15, 0.2) is 0 Å². The predicted octanol–water partition coefficient (Wildman–Crippen LogP) is 4.30. The molecule has 0 aromatic heterocycles. The molecule has 0 radical (unpaired) electrons. The fourth-order valence-corrected chi connectivity index (χ4v) is 3.17. The zero-order valence-electron chi connectivity index (χ0n) is 12.2. The normalized spacial score (nSPS) is 12.7. The van der Waals surface area contributed by atoms with Gasteiger partial charge in [0.1, 0.15) is 5.82 Å². The topological polar surface area (TPSA) is 38.0 Å². The zero-order chi connectivity index (χ0) is 15.4. The third-order valence-corrected chi connectivity index (χ3v) is 4.56. The van der Waals surface area contributed by atoms with Crippen molar-refractivity contribution in [2.45, 2.75) is 32.2 Å². The van der Waals surface area contributed by atoms with E-state index in [-0.39, 0.29) is 11.9 Å². The molecule has 0 saturated heterocycles. The van der Waals surface area contributed by atoms with Gasteiger partial charge in [-0.05, 0) is 63.8 Å². The van der Waals surface area contributed by atoms with E-state index < -0.39 is 0 Å². The number of hydrogen-bond donors (Lipinski definition) is 2. The van der Waals surface area contributed by atoms with E-state index in [0.717, 1.165) is 15.6 Å². The highest BCUT2D eigenvalue weighted by Gasteiger charge is 2.14. The van der Waals surface area contributed by atoms with Gasteiger partial charge in [-0.1, -0.05) is 44.2 Å². The van der Waals surface area contributed by atoms with Gasteiger partial charge in [-0.15, -0.1) is 0 Å². The molecule has 0 aliphatic heterocycles. The van der Waals surface area contributed by atoms with Crippen LogP contribution < -0.4 is 11.3 Å². The van der Waals surface area contributed by atoms with E-state index in [9.17, 15) is 4.39 Å². The Kier molecular flexibility index (Phi) is 5.72. The molecule has 0 amide bonds. The number of hydrazine groups is 1. The van der Waals surface area contributed by atoms with Crippen LogP contribution in [-0.2, 0) is 6.42 Å². The summed E-state index contributed by atoms with van der Waals surface area (Å²) in [5, 5.41) is 0. The second-order valence-electron chi connectivity index (χ2n) is 5.49. The molecule has 1 unspecified atom stereocenters. The lowest BCUT2D eigenvalue weighted by molar-refractivity contribution is 0.546. The van der Waals surface area contributed by atoms with Crippen LogP contribution in [-0.4, -0.2) is 0 Å². The molecule has 0 saturated carbocycles. The number of halogens is 2. The molecule has 21 heavy (non-hydrogen) atoms. The average molecular weight is 398 g/mol. The van der Waals surface area contributed by atoms with Crippen LogP contribution in [0, 0.1) is 9.39 Å². The van der Waals surface area contributed by atoms with Gasteiger partial charge in [0.25, 0.3) is 0 Å². The second kappa shape index (κ2) is 7.33. The largest absolute Gasteiger partial charge is 0.271 e. The van der Waals surface area contributed by atoms with Gasteiger partial charge in [-0.3, -0.25) is 11.3 Å². The van der Waals surface area contributed by atoms with E-state index in [1.54, 1.807) is 6.07 Å². The summed E-state index contributed by atoms with van der Waals surface area (Å²) < 4.78 is 14.1. The summed E-state index contributed by atoms with van der Waals surface area (Å²) in [5.74, 6) is 6.00. The van der Waals surface area contributed by atoms with Crippen molar-refractivity contribution < 1.29 is 4.39 Å². The van der Waals surface area contributed by atoms with Crippen molar-refractivity contribution in [3.63, 3.8) is 0 Å². The van der Waals surface area contributed by atoms with Crippen molar-refractivity contribution in [3.8, 4) is 0 Å². The minimum atomic E-state index is -0.222. The molecular formula is C17H20FIN2. The van der Waals surface area contributed by atoms with Crippen LogP contribution in [0.2, 0.25) is 0 Å². The lowest BCUT2D eigenvalue weighted by atomic mass is 9.96. The van der Waals surface area contributed by atoms with E-state index in [0.29, 0.717) is 5.92 Å². The molecule has 112 valence electrons. The Morgan fingerprint density at radius 3 is 2.33 bits per heavy atom. The summed E-state index contributed by atoms with van der Waals surface area (Å²) in [7, 11) is 0. The Balaban J connectivity index is 2.18. The molecule has 2 nitrogen and oxygen atoms in total. The van der Waals surface area contributed by atoms with E-state index in [4.69, 9.17) is 5.84 Å². The first kappa shape index (κ1) is 16.4. The van der Waals surface area contributed by atoms with Crippen molar-refractivity contribution >= 4 is 22.6 Å². The van der Waals surface area contributed by atoms with Crippen LogP contribution in [0.5, 0.6) is 0 Å². The fourth-order valence-electron chi connectivity index (χ4n) is 2.32. The number of hydrogen-bond acceptors (Lipinski definition) is 2. The van der Waals surface area contributed by atoms with Crippen molar-refractivity contribution in [2.75, 3.05) is 0 Å². The Morgan fingerprint density at radius 1 is 1.14 bits per heavy atom. The molecule has 0 aliphatic rings. The molecule has 0 aliphatic carbocycles. The van der Waals surface area contributed by atoms with Gasteiger partial charge in [-0.25, -0.2) is 4.39 Å². The first-order chi connectivity index (χ1) is 10.0. The minimum Gasteiger partial charge on any atom is -0.271 e. The van der Waals surface area contributed by atoms with E-state index in [1.807, 2.05) is 0 Å². The summed E-state index contributed by atoms with van der Waals surface area (Å²) in [5.41, 5.74) is 6.39. The van der Waals surface area contributed by atoms with Crippen LogP contribution >= 0.6 is 22.6 Å². The van der Waals surface area contributed by atoms with Gasteiger partial charge in [0, 0.05) is 3.57 Å². The molecule has 0 spiro atoms. The monoisotopic (exact) mass is 398 g/mol. The summed E-state index contributed by atoms with van der Waals surface area (Å²) in [6.45, 7) is 4.36. The maximum Gasteiger partial charge on any atom is 0.124 e. The van der Waals surface area contributed by atoms with Crippen LogP contribution in [0.4, 0.5) is 4.39 Å². The molecule has 0 bridgehead atoms. The quantitative estimate of drug-likeness (QED) is 0.448. The molecule has 4 heteroatoms. The molecule has 3 N–H and O–H groups in total. The summed E-state index contributed by atoms with van der Waals surface area (Å²) in [4.78, 5) is 0. The molecule has 2 aromatic carbocycles. The summed E-state index contributed by atoms with van der Waals surface area (Å²) >= 11 is 2.15. The average Bonchev–Trinajstić information content (AvgIpc) is 2.46. The molecule has 0 heterocycles. The molecule has 0 fully saturated rings. The molecule has 2 aromatic rings. The summed E-state index contributed by atoms with van der Waals surface area (Å²) in [6.07, 6.45) is 0.774. The molecular weight excluding hydrogens is 378 g/mol. The standard InChI is InChI=1S/C17H20FIN2/c1-11(2)13-5-3-12(4-6-13)9-17(21-20)15-8-7-14(18)10-16(15)19/h3-8,10-11,17,21H,9,20H2,1-2H3. The molecule has 1 atom stereocenters. The lowest BCUT2D eigenvalue weighted by Crippen LogP contribution is -2.30. The van der Waals surface area contributed by atoms with Gasteiger partial charge in [-0.2, -0.15) is 0 Å². The minimum absolute atomic E-state index is 0.0256. The van der Waals surface area contributed by atoms with Crippen LogP contribution in [0.3, 0.4) is 0 Å². The Morgan fingerprint density at radius 2 is 1.81 bits per heavy atom. The predicted molar refractivity (Wildman–Crippen MR) is 93.4 cm³/mol. The molecule has 2 rings (SSSR count). The smallest absolute Gasteiger partial charge is 0.124 e. The Labute approximate surface area is 139 Å². The number of nitrogens with two attached hydrogens (primary N) is 1. The van der Waals surface area contributed by atoms with Crippen LogP contribution in [0.1, 0.15) is 42.5 Å². The third-order valence-electron chi connectivity index (χ3n) is 3.63. The number of benzene rings is 2. The highest BCUT2D eigenvalue weighted by molar-refractivity contribution is 14.1. The third kappa shape index (κ3) is 4.25. The first-order valence-electron chi connectivity index (χ1n) is 7.01. The van der Waals surface area contributed by atoms with Crippen LogP contribution in [0.15, 0.2) is 42.5 Å². The van der Waals surface area contributed by atoms with Gasteiger partial charge < -0.3 is 0 Å². The number of rotatable bonds is 5.